The van der Waals surface area contributed by atoms with Gasteiger partial charge in [0.25, 0.3) is 0 Å². The molecule has 1 saturated heterocycles. The van der Waals surface area contributed by atoms with Crippen LogP contribution in [0, 0.1) is 0 Å². The molecule has 0 saturated carbocycles. The largest absolute Gasteiger partial charge is 0.480 e. The summed E-state index contributed by atoms with van der Waals surface area (Å²) in [5.74, 6) is -0.860. The molecule has 0 spiro atoms. The van der Waals surface area contributed by atoms with Gasteiger partial charge in [0.15, 0.2) is 0 Å². The lowest BCUT2D eigenvalue weighted by Crippen LogP contribution is -2.51. The quantitative estimate of drug-likeness (QED) is 0.758. The number of aliphatic carboxylic acids is 1. The lowest BCUT2D eigenvalue weighted by molar-refractivity contribution is -0.140. The normalized spacial score (nSPS) is 15.3. The van der Waals surface area contributed by atoms with Gasteiger partial charge in [-0.2, -0.15) is 0 Å². The lowest BCUT2D eigenvalue weighted by atomic mass is 10.0. The van der Waals surface area contributed by atoms with Crippen LogP contribution in [-0.2, 0) is 16.1 Å². The molecule has 6 nitrogen and oxygen atoms in total. The first-order valence-corrected chi connectivity index (χ1v) is 9.97. The fourth-order valence-electron chi connectivity index (χ4n) is 3.84. The number of hydrogen-bond donors (Lipinski definition) is 1. The molecular weight excluding hydrogens is 354 g/mol. The second-order valence-electron chi connectivity index (χ2n) is 7.40. The first-order valence-electron chi connectivity index (χ1n) is 9.97. The van der Waals surface area contributed by atoms with Gasteiger partial charge in [0, 0.05) is 32.7 Å². The fraction of sp³-hybridized carbons (Fsp3) is 0.455. The van der Waals surface area contributed by atoms with Crippen LogP contribution in [0.3, 0.4) is 0 Å². The number of hydrogen-bond acceptors (Lipinski definition) is 4. The summed E-state index contributed by atoms with van der Waals surface area (Å²) in [6.45, 7) is 6.65. The van der Waals surface area contributed by atoms with Crippen LogP contribution >= 0.6 is 0 Å². The Morgan fingerprint density at radius 2 is 1.71 bits per heavy atom. The summed E-state index contributed by atoms with van der Waals surface area (Å²) in [4.78, 5) is 29.5. The number of carboxylic acids is 1. The maximum Gasteiger partial charge on any atom is 0.317 e. The summed E-state index contributed by atoms with van der Waals surface area (Å²) in [7, 11) is 0. The Hall–Kier alpha value is -2.44. The summed E-state index contributed by atoms with van der Waals surface area (Å²) >= 11 is 0. The van der Waals surface area contributed by atoms with E-state index in [9.17, 15) is 9.59 Å². The Morgan fingerprint density at radius 1 is 1.00 bits per heavy atom. The number of carbonyl (C=O) groups is 2. The first kappa shape index (κ1) is 20.3. The molecule has 1 aliphatic heterocycles. The minimum absolute atomic E-state index is 0.0273. The van der Waals surface area contributed by atoms with E-state index in [4.69, 9.17) is 5.11 Å². The van der Waals surface area contributed by atoms with Gasteiger partial charge >= 0.3 is 5.97 Å². The van der Waals surface area contributed by atoms with Crippen LogP contribution in [0.15, 0.2) is 42.5 Å². The summed E-state index contributed by atoms with van der Waals surface area (Å²) in [6, 6.07) is 14.8. The summed E-state index contributed by atoms with van der Waals surface area (Å²) < 4.78 is 0. The van der Waals surface area contributed by atoms with E-state index in [1.165, 1.54) is 16.3 Å². The van der Waals surface area contributed by atoms with Gasteiger partial charge in [0.2, 0.25) is 5.91 Å². The predicted molar refractivity (Wildman–Crippen MR) is 110 cm³/mol. The molecule has 1 aliphatic rings. The molecule has 150 valence electrons. The van der Waals surface area contributed by atoms with E-state index in [0.717, 1.165) is 26.1 Å². The van der Waals surface area contributed by atoms with E-state index in [2.05, 4.69) is 47.4 Å². The van der Waals surface area contributed by atoms with Crippen molar-refractivity contribution in [3.05, 3.63) is 48.0 Å². The zero-order valence-corrected chi connectivity index (χ0v) is 16.5. The number of nitrogens with zero attached hydrogens (tertiary/aromatic N) is 3. The number of benzene rings is 2. The number of amides is 1. The second kappa shape index (κ2) is 9.66. The van der Waals surface area contributed by atoms with Gasteiger partial charge in [0.1, 0.15) is 0 Å². The smallest absolute Gasteiger partial charge is 0.317 e. The summed E-state index contributed by atoms with van der Waals surface area (Å²) in [6.07, 6.45) is 0.833. The maximum atomic E-state index is 12.6. The fourth-order valence-corrected chi connectivity index (χ4v) is 3.84. The minimum atomic E-state index is -0.888. The van der Waals surface area contributed by atoms with E-state index in [0.29, 0.717) is 19.6 Å². The van der Waals surface area contributed by atoms with E-state index >= 15 is 0 Å². The molecule has 28 heavy (non-hydrogen) atoms. The molecule has 1 N–H and O–H groups in total. The van der Waals surface area contributed by atoms with Crippen LogP contribution in [-0.4, -0.2) is 77.5 Å². The molecule has 0 atom stereocenters. The molecule has 2 aromatic rings. The molecule has 2 aromatic carbocycles. The topological polar surface area (TPSA) is 64.1 Å². The van der Waals surface area contributed by atoms with Crippen LogP contribution in [0.5, 0.6) is 0 Å². The van der Waals surface area contributed by atoms with Crippen molar-refractivity contribution in [2.75, 3.05) is 45.8 Å². The molecule has 3 rings (SSSR count). The van der Waals surface area contributed by atoms with Gasteiger partial charge in [-0.1, -0.05) is 49.4 Å². The van der Waals surface area contributed by atoms with Gasteiger partial charge in [0.05, 0.1) is 13.1 Å². The highest BCUT2D eigenvalue weighted by molar-refractivity contribution is 5.85. The van der Waals surface area contributed by atoms with Crippen molar-refractivity contribution in [1.29, 1.82) is 0 Å². The lowest BCUT2D eigenvalue weighted by Gasteiger charge is -2.36. The Morgan fingerprint density at radius 3 is 2.43 bits per heavy atom. The number of piperazine rings is 1. The van der Waals surface area contributed by atoms with Crippen molar-refractivity contribution < 1.29 is 14.7 Å². The average molecular weight is 383 g/mol. The molecule has 0 unspecified atom stereocenters. The van der Waals surface area contributed by atoms with Crippen molar-refractivity contribution in [3.63, 3.8) is 0 Å². The van der Waals surface area contributed by atoms with Gasteiger partial charge in [-0.3, -0.25) is 19.4 Å². The standard InChI is InChI=1S/C22H29N3O3/c1-2-10-24(17-22(27)28)16-21(26)25-13-11-23(12-14-25)15-19-8-5-7-18-6-3-4-9-20(18)19/h3-9H,2,10-17H2,1H3,(H,27,28). The highest BCUT2D eigenvalue weighted by atomic mass is 16.4. The molecule has 0 radical (unpaired) electrons. The van der Waals surface area contributed by atoms with Gasteiger partial charge in [-0.25, -0.2) is 0 Å². The number of fused-ring (bicyclic) bond motifs is 1. The van der Waals surface area contributed by atoms with E-state index < -0.39 is 5.97 Å². The van der Waals surface area contributed by atoms with E-state index in [1.54, 1.807) is 4.90 Å². The Balaban J connectivity index is 1.53. The third-order valence-corrected chi connectivity index (χ3v) is 5.26. The summed E-state index contributed by atoms with van der Waals surface area (Å²) in [5.41, 5.74) is 1.31. The second-order valence-corrected chi connectivity index (χ2v) is 7.40. The molecular formula is C22H29N3O3. The monoisotopic (exact) mass is 383 g/mol. The third-order valence-electron chi connectivity index (χ3n) is 5.26. The van der Waals surface area contributed by atoms with Crippen molar-refractivity contribution in [2.45, 2.75) is 19.9 Å². The van der Waals surface area contributed by atoms with Crippen molar-refractivity contribution in [3.8, 4) is 0 Å². The van der Waals surface area contributed by atoms with E-state index in [1.807, 2.05) is 11.8 Å². The highest BCUT2D eigenvalue weighted by Gasteiger charge is 2.23. The number of rotatable bonds is 8. The van der Waals surface area contributed by atoms with Crippen molar-refractivity contribution >= 4 is 22.6 Å². The Bertz CT molecular complexity index is 810. The molecule has 1 amide bonds. The van der Waals surface area contributed by atoms with Gasteiger partial charge < -0.3 is 10.0 Å². The minimum Gasteiger partial charge on any atom is -0.480 e. The van der Waals surface area contributed by atoms with Crippen LogP contribution in [0.4, 0.5) is 0 Å². The van der Waals surface area contributed by atoms with Crippen LogP contribution < -0.4 is 0 Å². The molecule has 0 aliphatic carbocycles. The predicted octanol–water partition coefficient (Wildman–Crippen LogP) is 2.28. The van der Waals surface area contributed by atoms with Crippen LogP contribution in [0.25, 0.3) is 10.8 Å². The third kappa shape index (κ3) is 5.30. The number of carbonyl (C=O) groups excluding carboxylic acids is 1. The van der Waals surface area contributed by atoms with Gasteiger partial charge in [-0.15, -0.1) is 0 Å². The van der Waals surface area contributed by atoms with Crippen molar-refractivity contribution in [1.82, 2.24) is 14.7 Å². The van der Waals surface area contributed by atoms with Crippen molar-refractivity contribution in [2.24, 2.45) is 0 Å². The van der Waals surface area contributed by atoms with Crippen LogP contribution in [0.2, 0.25) is 0 Å². The van der Waals surface area contributed by atoms with Gasteiger partial charge in [-0.05, 0) is 29.3 Å². The highest BCUT2D eigenvalue weighted by Crippen LogP contribution is 2.20. The van der Waals surface area contributed by atoms with Crippen LogP contribution in [0.1, 0.15) is 18.9 Å². The number of carboxylic acid groups (broad SMARTS) is 1. The van der Waals surface area contributed by atoms with E-state index in [-0.39, 0.29) is 19.0 Å². The zero-order chi connectivity index (χ0) is 19.9. The summed E-state index contributed by atoms with van der Waals surface area (Å²) in [5, 5.41) is 11.5. The molecule has 1 heterocycles. The Kier molecular flexibility index (Phi) is 7.01. The average Bonchev–Trinajstić information content (AvgIpc) is 2.68. The maximum absolute atomic E-state index is 12.6. The molecule has 1 fully saturated rings. The first-order chi connectivity index (χ1) is 13.6. The molecule has 0 bridgehead atoms. The molecule has 0 aromatic heterocycles. The molecule has 6 heteroatoms. The zero-order valence-electron chi connectivity index (χ0n) is 16.5. The Labute approximate surface area is 166 Å². The SMILES string of the molecule is CCCN(CC(=O)O)CC(=O)N1CCN(Cc2cccc3ccccc23)CC1.